The van der Waals surface area contributed by atoms with Crippen LogP contribution in [0.1, 0.15) is 12.6 Å². The fraction of sp³-hybridized carbons (Fsp3) is 0.600. The lowest BCUT2D eigenvalue weighted by molar-refractivity contribution is 0.561. The highest BCUT2D eigenvalue weighted by molar-refractivity contribution is 7.03. The van der Waals surface area contributed by atoms with Crippen molar-refractivity contribution in [3.63, 3.8) is 0 Å². The van der Waals surface area contributed by atoms with Crippen LogP contribution in [0.25, 0.3) is 0 Å². The average molecular weight is 158 g/mol. The topological polar surface area (TPSA) is 63.8 Å². The zero-order chi connectivity index (χ0) is 7.40. The molecule has 0 bridgehead atoms. The number of nitrogens with one attached hydrogen (secondary N) is 1. The molecule has 0 aliphatic rings. The molecule has 0 aliphatic heterocycles. The van der Waals surface area contributed by atoms with E-state index in [0.29, 0.717) is 0 Å². The summed E-state index contributed by atoms with van der Waals surface area (Å²) < 4.78 is 3.73. The quantitative estimate of drug-likeness (QED) is 0.477. The van der Waals surface area contributed by atoms with Crippen LogP contribution in [0.4, 0.5) is 0 Å². The molecule has 1 heterocycles. The Morgan fingerprint density at radius 3 is 3.20 bits per heavy atom. The molecule has 0 aromatic carbocycles. The third-order valence-corrected chi connectivity index (χ3v) is 1.76. The summed E-state index contributed by atoms with van der Waals surface area (Å²) in [6.07, 6.45) is 0.840. The molecule has 0 amide bonds. The highest BCUT2D eigenvalue weighted by Gasteiger charge is 2.01. The first-order valence-corrected chi connectivity index (χ1v) is 3.88. The van der Waals surface area contributed by atoms with Gasteiger partial charge in [-0.25, -0.2) is 0 Å². The lowest BCUT2D eigenvalue weighted by Gasteiger charge is -2.05. The molecule has 1 unspecified atom stereocenters. The van der Waals surface area contributed by atoms with Gasteiger partial charge < -0.3 is 0 Å². The van der Waals surface area contributed by atoms with Crippen LogP contribution >= 0.6 is 11.5 Å². The van der Waals surface area contributed by atoms with Gasteiger partial charge in [0.1, 0.15) is 0 Å². The monoisotopic (exact) mass is 158 g/mol. The van der Waals surface area contributed by atoms with E-state index in [0.717, 1.165) is 12.1 Å². The number of hydrogen-bond acceptors (Lipinski definition) is 5. The predicted molar refractivity (Wildman–Crippen MR) is 40.4 cm³/mol. The van der Waals surface area contributed by atoms with Crippen LogP contribution in [0, 0.1) is 0 Å². The lowest BCUT2D eigenvalue weighted by Crippen LogP contribution is -2.34. The minimum atomic E-state index is 0.267. The number of hydrazine groups is 1. The fourth-order valence-electron chi connectivity index (χ4n) is 0.646. The molecule has 0 saturated carbocycles. The van der Waals surface area contributed by atoms with Gasteiger partial charge in [0.25, 0.3) is 0 Å². The molecule has 1 aromatic heterocycles. The molecular weight excluding hydrogens is 148 g/mol. The first-order valence-electron chi connectivity index (χ1n) is 3.05. The lowest BCUT2D eigenvalue weighted by atomic mass is 10.2. The Morgan fingerprint density at radius 2 is 2.70 bits per heavy atom. The van der Waals surface area contributed by atoms with Crippen molar-refractivity contribution >= 4 is 11.5 Å². The van der Waals surface area contributed by atoms with E-state index in [9.17, 15) is 0 Å². The van der Waals surface area contributed by atoms with Gasteiger partial charge in [0.15, 0.2) is 0 Å². The summed E-state index contributed by atoms with van der Waals surface area (Å²) in [6.45, 7) is 2.00. The molecule has 1 rings (SSSR count). The number of hydrogen-bond donors (Lipinski definition) is 2. The molecular formula is C5H10N4S. The summed E-state index contributed by atoms with van der Waals surface area (Å²) in [5, 5.41) is 5.80. The van der Waals surface area contributed by atoms with E-state index in [-0.39, 0.29) is 6.04 Å². The summed E-state index contributed by atoms with van der Waals surface area (Å²) in [4.78, 5) is 0. The van der Waals surface area contributed by atoms with Gasteiger partial charge in [-0.3, -0.25) is 11.3 Å². The van der Waals surface area contributed by atoms with E-state index in [2.05, 4.69) is 15.0 Å². The Labute approximate surface area is 63.6 Å². The minimum absolute atomic E-state index is 0.267. The zero-order valence-corrected chi connectivity index (χ0v) is 6.56. The maximum absolute atomic E-state index is 5.19. The van der Waals surface area contributed by atoms with Gasteiger partial charge in [0, 0.05) is 17.8 Å². The summed E-state index contributed by atoms with van der Waals surface area (Å²) in [6, 6.07) is 0.267. The zero-order valence-electron chi connectivity index (χ0n) is 5.74. The highest BCUT2D eigenvalue weighted by atomic mass is 32.1. The van der Waals surface area contributed by atoms with Crippen LogP contribution in [0.15, 0.2) is 5.38 Å². The summed E-state index contributed by atoms with van der Waals surface area (Å²) in [5.74, 6) is 5.19. The maximum Gasteiger partial charge on any atom is 0.0771 e. The molecule has 0 saturated heterocycles. The minimum Gasteiger partial charge on any atom is -0.271 e. The summed E-state index contributed by atoms with van der Waals surface area (Å²) in [5.41, 5.74) is 3.64. The van der Waals surface area contributed by atoms with Crippen molar-refractivity contribution in [2.75, 3.05) is 0 Å². The fourth-order valence-corrected chi connectivity index (χ4v) is 1.11. The Balaban J connectivity index is 2.40. The first kappa shape index (κ1) is 7.59. The van der Waals surface area contributed by atoms with Crippen LogP contribution in [0.2, 0.25) is 0 Å². The maximum atomic E-state index is 5.19. The van der Waals surface area contributed by atoms with Crippen molar-refractivity contribution in [1.82, 2.24) is 15.0 Å². The molecule has 0 aliphatic carbocycles. The van der Waals surface area contributed by atoms with Gasteiger partial charge in [-0.2, -0.15) is 0 Å². The summed E-state index contributed by atoms with van der Waals surface area (Å²) >= 11 is 1.36. The van der Waals surface area contributed by atoms with Gasteiger partial charge >= 0.3 is 0 Å². The molecule has 0 spiro atoms. The van der Waals surface area contributed by atoms with Crippen molar-refractivity contribution in [3.05, 3.63) is 11.1 Å². The van der Waals surface area contributed by atoms with Gasteiger partial charge in [-0.1, -0.05) is 4.49 Å². The van der Waals surface area contributed by atoms with Gasteiger partial charge in [-0.15, -0.1) is 5.10 Å². The number of rotatable bonds is 3. The first-order chi connectivity index (χ1) is 4.83. The van der Waals surface area contributed by atoms with Crippen molar-refractivity contribution in [3.8, 4) is 0 Å². The molecule has 56 valence electrons. The molecule has 4 nitrogen and oxygen atoms in total. The van der Waals surface area contributed by atoms with E-state index in [1.807, 2.05) is 12.3 Å². The molecule has 0 fully saturated rings. The Morgan fingerprint density at radius 1 is 1.90 bits per heavy atom. The largest absolute Gasteiger partial charge is 0.271 e. The second-order valence-electron chi connectivity index (χ2n) is 2.17. The van der Waals surface area contributed by atoms with E-state index >= 15 is 0 Å². The number of aromatic nitrogens is 2. The molecule has 0 radical (unpaired) electrons. The normalized spacial score (nSPS) is 13.4. The third kappa shape index (κ3) is 2.02. The predicted octanol–water partition coefficient (Wildman–Crippen LogP) is -0.0676. The van der Waals surface area contributed by atoms with Crippen LogP contribution in [0.3, 0.4) is 0 Å². The van der Waals surface area contributed by atoms with Gasteiger partial charge in [0.2, 0.25) is 0 Å². The second kappa shape index (κ2) is 3.60. The van der Waals surface area contributed by atoms with Gasteiger partial charge in [0.05, 0.1) is 5.69 Å². The van der Waals surface area contributed by atoms with Crippen LogP contribution in [-0.2, 0) is 6.42 Å². The molecule has 3 N–H and O–H groups in total. The van der Waals surface area contributed by atoms with Crippen molar-refractivity contribution in [2.45, 2.75) is 19.4 Å². The van der Waals surface area contributed by atoms with Crippen LogP contribution < -0.4 is 11.3 Å². The Hall–Kier alpha value is -0.520. The average Bonchev–Trinajstić information content (AvgIpc) is 2.40. The van der Waals surface area contributed by atoms with E-state index in [1.54, 1.807) is 0 Å². The van der Waals surface area contributed by atoms with E-state index < -0.39 is 0 Å². The molecule has 1 aromatic rings. The van der Waals surface area contributed by atoms with E-state index in [4.69, 9.17) is 5.84 Å². The van der Waals surface area contributed by atoms with Crippen molar-refractivity contribution in [2.24, 2.45) is 5.84 Å². The number of nitrogens with two attached hydrogens (primary N) is 1. The van der Waals surface area contributed by atoms with Crippen molar-refractivity contribution < 1.29 is 0 Å². The smallest absolute Gasteiger partial charge is 0.0771 e. The van der Waals surface area contributed by atoms with Crippen LogP contribution in [-0.4, -0.2) is 15.6 Å². The number of nitrogens with zero attached hydrogens (tertiary/aromatic N) is 2. The highest BCUT2D eigenvalue weighted by Crippen LogP contribution is 1.99. The Kier molecular flexibility index (Phi) is 2.73. The molecule has 5 heteroatoms. The SMILES string of the molecule is CC(Cc1csnn1)NN. The second-order valence-corrected chi connectivity index (χ2v) is 2.78. The van der Waals surface area contributed by atoms with Crippen LogP contribution in [0.5, 0.6) is 0 Å². The Bertz CT molecular complexity index is 174. The van der Waals surface area contributed by atoms with Crippen molar-refractivity contribution in [1.29, 1.82) is 0 Å². The molecule has 10 heavy (non-hydrogen) atoms. The molecule has 1 atom stereocenters. The van der Waals surface area contributed by atoms with E-state index in [1.165, 1.54) is 11.5 Å². The van der Waals surface area contributed by atoms with Gasteiger partial charge in [-0.05, 0) is 18.5 Å². The third-order valence-electron chi connectivity index (χ3n) is 1.20. The summed E-state index contributed by atoms with van der Waals surface area (Å²) in [7, 11) is 0. The standard InChI is InChI=1S/C5H10N4S/c1-4(7-6)2-5-3-10-9-8-5/h3-4,7H,2,6H2,1H3.